The van der Waals surface area contributed by atoms with Gasteiger partial charge in [-0.2, -0.15) is 0 Å². The van der Waals surface area contributed by atoms with Crippen LogP contribution in [-0.2, 0) is 4.79 Å². The van der Waals surface area contributed by atoms with Crippen LogP contribution in [0.1, 0.15) is 31.9 Å². The van der Waals surface area contributed by atoms with Crippen molar-refractivity contribution in [2.45, 2.75) is 26.2 Å². The normalized spacial score (nSPS) is 13.2. The molecule has 0 bridgehead atoms. The fraction of sp³-hybridized carbons (Fsp3) is 0.500. The average molecular weight is 182 g/mol. The molecule has 1 rings (SSSR count). The zero-order valence-corrected chi connectivity index (χ0v) is 7.86. The summed E-state index contributed by atoms with van der Waals surface area (Å²) in [5.74, 6) is 0.238. The largest absolute Gasteiger partial charge is 0.481 e. The third-order valence-electron chi connectivity index (χ3n) is 2.11. The Bertz CT molecular complexity index is 262. The molecule has 0 amide bonds. The van der Waals surface area contributed by atoms with Crippen molar-refractivity contribution in [1.82, 2.24) is 0 Å². The van der Waals surface area contributed by atoms with Gasteiger partial charge < -0.3 is 9.52 Å². The van der Waals surface area contributed by atoms with E-state index in [1.165, 1.54) is 0 Å². The van der Waals surface area contributed by atoms with Gasteiger partial charge in [0.15, 0.2) is 0 Å². The number of hydrogen-bond donors (Lipinski definition) is 1. The zero-order chi connectivity index (χ0) is 9.84. The second-order valence-electron chi connectivity index (χ2n) is 3.46. The van der Waals surface area contributed by atoms with Crippen LogP contribution >= 0.6 is 0 Å². The highest BCUT2D eigenvalue weighted by molar-refractivity contribution is 5.67. The summed E-state index contributed by atoms with van der Waals surface area (Å²) >= 11 is 0. The Morgan fingerprint density at radius 1 is 1.62 bits per heavy atom. The maximum atomic E-state index is 10.6. The highest BCUT2D eigenvalue weighted by atomic mass is 16.4. The van der Waals surface area contributed by atoms with Crippen LogP contribution in [0.2, 0.25) is 0 Å². The van der Waals surface area contributed by atoms with Crippen molar-refractivity contribution in [2.24, 2.45) is 5.92 Å². The minimum atomic E-state index is -0.782. The van der Waals surface area contributed by atoms with Crippen LogP contribution in [0.25, 0.3) is 0 Å². The molecule has 0 aliphatic heterocycles. The summed E-state index contributed by atoms with van der Waals surface area (Å²) in [4.78, 5) is 10.6. The molecule has 0 radical (unpaired) electrons. The van der Waals surface area contributed by atoms with Gasteiger partial charge in [0, 0.05) is 5.92 Å². The Morgan fingerprint density at radius 3 is 2.69 bits per heavy atom. The van der Waals surface area contributed by atoms with Gasteiger partial charge in [0.1, 0.15) is 5.76 Å². The first-order chi connectivity index (χ1) is 6.11. The molecule has 0 aromatic carbocycles. The predicted octanol–water partition coefficient (Wildman–Crippen LogP) is 2.49. The van der Waals surface area contributed by atoms with Crippen molar-refractivity contribution >= 4 is 5.97 Å². The van der Waals surface area contributed by atoms with E-state index in [9.17, 15) is 4.79 Å². The van der Waals surface area contributed by atoms with Crippen molar-refractivity contribution < 1.29 is 14.3 Å². The Labute approximate surface area is 77.4 Å². The number of carbonyl (C=O) groups is 1. The van der Waals surface area contributed by atoms with Crippen LogP contribution < -0.4 is 0 Å². The van der Waals surface area contributed by atoms with Crippen LogP contribution in [-0.4, -0.2) is 11.1 Å². The SMILES string of the molecule is CC(C)[C@@H](CC(=O)O)c1ccco1. The van der Waals surface area contributed by atoms with Gasteiger partial charge in [-0.15, -0.1) is 0 Å². The minimum absolute atomic E-state index is 0.0208. The van der Waals surface area contributed by atoms with Crippen molar-refractivity contribution in [3.05, 3.63) is 24.2 Å². The molecule has 72 valence electrons. The molecule has 0 fully saturated rings. The summed E-state index contributed by atoms with van der Waals surface area (Å²) in [5.41, 5.74) is 0. The molecule has 0 aliphatic carbocycles. The second kappa shape index (κ2) is 4.12. The lowest BCUT2D eigenvalue weighted by molar-refractivity contribution is -0.137. The number of furan rings is 1. The van der Waals surface area contributed by atoms with Crippen molar-refractivity contribution in [2.75, 3.05) is 0 Å². The van der Waals surface area contributed by atoms with E-state index in [2.05, 4.69) is 0 Å². The van der Waals surface area contributed by atoms with Gasteiger partial charge in [0.05, 0.1) is 12.7 Å². The first-order valence-corrected chi connectivity index (χ1v) is 4.36. The fourth-order valence-corrected chi connectivity index (χ4v) is 1.36. The molecule has 0 spiro atoms. The van der Waals surface area contributed by atoms with Gasteiger partial charge in [-0.25, -0.2) is 0 Å². The highest BCUT2D eigenvalue weighted by Gasteiger charge is 2.21. The van der Waals surface area contributed by atoms with E-state index < -0.39 is 5.97 Å². The molecule has 0 saturated carbocycles. The topological polar surface area (TPSA) is 50.4 Å². The van der Waals surface area contributed by atoms with Crippen molar-refractivity contribution in [1.29, 1.82) is 0 Å². The summed E-state index contributed by atoms with van der Waals surface area (Å²) in [6.07, 6.45) is 1.71. The van der Waals surface area contributed by atoms with Gasteiger partial charge in [-0.3, -0.25) is 4.79 Å². The molecule has 1 heterocycles. The number of hydrogen-bond acceptors (Lipinski definition) is 2. The summed E-state index contributed by atoms with van der Waals surface area (Å²) in [5, 5.41) is 8.69. The van der Waals surface area contributed by atoms with Gasteiger partial charge >= 0.3 is 5.97 Å². The molecular weight excluding hydrogens is 168 g/mol. The first kappa shape index (κ1) is 9.84. The van der Waals surface area contributed by atoms with Crippen molar-refractivity contribution in [3.8, 4) is 0 Å². The smallest absolute Gasteiger partial charge is 0.304 e. The van der Waals surface area contributed by atoms with Crippen LogP contribution in [0.3, 0.4) is 0 Å². The van der Waals surface area contributed by atoms with Crippen LogP contribution in [0, 0.1) is 5.92 Å². The minimum Gasteiger partial charge on any atom is -0.481 e. The van der Waals surface area contributed by atoms with E-state index in [4.69, 9.17) is 9.52 Å². The molecule has 0 saturated heterocycles. The highest BCUT2D eigenvalue weighted by Crippen LogP contribution is 2.27. The predicted molar refractivity (Wildman–Crippen MR) is 48.5 cm³/mol. The number of carboxylic acid groups (broad SMARTS) is 1. The van der Waals surface area contributed by atoms with Crippen LogP contribution in [0.15, 0.2) is 22.8 Å². The Morgan fingerprint density at radius 2 is 2.31 bits per heavy atom. The molecule has 0 aliphatic rings. The molecule has 1 atom stereocenters. The molecule has 3 heteroatoms. The fourth-order valence-electron chi connectivity index (χ4n) is 1.36. The first-order valence-electron chi connectivity index (χ1n) is 4.36. The second-order valence-corrected chi connectivity index (χ2v) is 3.46. The summed E-state index contributed by atoms with van der Waals surface area (Å²) in [6.45, 7) is 3.99. The molecule has 13 heavy (non-hydrogen) atoms. The number of carboxylic acids is 1. The summed E-state index contributed by atoms with van der Waals surface area (Å²) in [7, 11) is 0. The van der Waals surface area contributed by atoms with Gasteiger partial charge in [0.2, 0.25) is 0 Å². The Kier molecular flexibility index (Phi) is 3.12. The average Bonchev–Trinajstić information content (AvgIpc) is 2.50. The molecule has 1 aromatic heterocycles. The third kappa shape index (κ3) is 2.61. The van der Waals surface area contributed by atoms with Crippen molar-refractivity contribution in [3.63, 3.8) is 0 Å². The van der Waals surface area contributed by atoms with Crippen LogP contribution in [0.5, 0.6) is 0 Å². The van der Waals surface area contributed by atoms with Gasteiger partial charge in [-0.1, -0.05) is 13.8 Å². The number of aliphatic carboxylic acids is 1. The standard InChI is InChI=1S/C10H14O3/c1-7(2)8(6-10(11)12)9-4-3-5-13-9/h3-5,7-8H,6H2,1-2H3,(H,11,12)/t8-/m1/s1. The summed E-state index contributed by atoms with van der Waals surface area (Å²) in [6, 6.07) is 3.61. The molecular formula is C10H14O3. The lowest BCUT2D eigenvalue weighted by atomic mass is 9.90. The lowest BCUT2D eigenvalue weighted by Gasteiger charge is -2.15. The quantitative estimate of drug-likeness (QED) is 0.778. The molecule has 3 nitrogen and oxygen atoms in total. The number of rotatable bonds is 4. The zero-order valence-electron chi connectivity index (χ0n) is 7.86. The molecule has 0 unspecified atom stereocenters. The van der Waals surface area contributed by atoms with E-state index in [0.717, 1.165) is 5.76 Å². The maximum Gasteiger partial charge on any atom is 0.304 e. The maximum absolute atomic E-state index is 10.6. The van der Waals surface area contributed by atoms with Gasteiger partial charge in [0.25, 0.3) is 0 Å². The van der Waals surface area contributed by atoms with Gasteiger partial charge in [-0.05, 0) is 18.1 Å². The van der Waals surface area contributed by atoms with E-state index >= 15 is 0 Å². The Balaban J connectivity index is 2.74. The Hall–Kier alpha value is -1.25. The lowest BCUT2D eigenvalue weighted by Crippen LogP contribution is -2.11. The van der Waals surface area contributed by atoms with E-state index in [1.807, 2.05) is 19.9 Å². The summed E-state index contributed by atoms with van der Waals surface area (Å²) < 4.78 is 5.19. The van der Waals surface area contributed by atoms with E-state index in [0.29, 0.717) is 0 Å². The third-order valence-corrected chi connectivity index (χ3v) is 2.11. The molecule has 1 N–H and O–H groups in total. The van der Waals surface area contributed by atoms with E-state index in [1.54, 1.807) is 12.3 Å². The monoisotopic (exact) mass is 182 g/mol. The van der Waals surface area contributed by atoms with E-state index in [-0.39, 0.29) is 18.3 Å². The molecule has 1 aromatic rings. The van der Waals surface area contributed by atoms with Crippen LogP contribution in [0.4, 0.5) is 0 Å².